The van der Waals surface area contributed by atoms with Crippen LogP contribution in [-0.2, 0) is 0 Å². The maximum Gasteiger partial charge on any atom is 0.110 e. The molecule has 0 atom stereocenters. The van der Waals surface area contributed by atoms with Gasteiger partial charge in [-0.15, -0.1) is 0 Å². The van der Waals surface area contributed by atoms with Crippen molar-refractivity contribution in [2.45, 2.75) is 0 Å². The van der Waals surface area contributed by atoms with E-state index in [1.165, 1.54) is 0 Å². The molecule has 0 aliphatic heterocycles. The van der Waals surface area contributed by atoms with Crippen LogP contribution in [0.5, 0.6) is 0 Å². The fourth-order valence-corrected chi connectivity index (χ4v) is 2.54. The second-order valence-corrected chi connectivity index (χ2v) is 4.44. The summed E-state index contributed by atoms with van der Waals surface area (Å²) in [6.45, 7) is 0. The molecule has 0 aliphatic carbocycles. The lowest BCUT2D eigenvalue weighted by Crippen LogP contribution is -1.71. The summed E-state index contributed by atoms with van der Waals surface area (Å²) in [5.74, 6) is 0. The third kappa shape index (κ3) is 1.28. The summed E-state index contributed by atoms with van der Waals surface area (Å²) in [6, 6.07) is 3.74. The Bertz CT molecular complexity index is 438. The maximum atomic E-state index is 5.99. The van der Waals surface area contributed by atoms with Gasteiger partial charge in [-0.3, -0.25) is 5.10 Å². The molecule has 0 radical (unpaired) electrons. The minimum Gasteiger partial charge on any atom is -0.270 e. The summed E-state index contributed by atoms with van der Waals surface area (Å²) in [5.41, 5.74) is 0.848. The summed E-state index contributed by atoms with van der Waals surface area (Å²) >= 11 is 12.7. The van der Waals surface area contributed by atoms with Crippen LogP contribution in [0.15, 0.2) is 21.2 Å². The largest absolute Gasteiger partial charge is 0.270 e. The average molecular weight is 310 g/mol. The quantitative estimate of drug-likeness (QED) is 0.789. The van der Waals surface area contributed by atoms with Gasteiger partial charge in [0.15, 0.2) is 0 Å². The number of hydrogen-bond donors (Lipinski definition) is 1. The number of rotatable bonds is 0. The summed E-state index contributed by atoms with van der Waals surface area (Å²) < 4.78 is 1.74. The number of nitrogens with zero attached hydrogens (tertiary/aromatic N) is 1. The third-order valence-corrected chi connectivity index (χ3v) is 2.86. The molecular formula is C7H3Br2ClN2. The predicted molar refractivity (Wildman–Crippen MR) is 56.5 cm³/mol. The zero-order valence-electron chi connectivity index (χ0n) is 5.74. The molecule has 1 aromatic heterocycles. The lowest BCUT2D eigenvalue weighted by atomic mass is 10.3. The van der Waals surface area contributed by atoms with E-state index in [1.807, 2.05) is 12.1 Å². The zero-order valence-corrected chi connectivity index (χ0v) is 9.66. The van der Waals surface area contributed by atoms with Gasteiger partial charge in [0.05, 0.1) is 15.9 Å². The number of hydrogen-bond acceptors (Lipinski definition) is 1. The van der Waals surface area contributed by atoms with Crippen LogP contribution in [0.4, 0.5) is 0 Å². The highest BCUT2D eigenvalue weighted by atomic mass is 79.9. The van der Waals surface area contributed by atoms with Crippen molar-refractivity contribution in [2.75, 3.05) is 0 Å². The van der Waals surface area contributed by atoms with Crippen LogP contribution in [0.1, 0.15) is 0 Å². The number of aromatic nitrogens is 2. The summed E-state index contributed by atoms with van der Waals surface area (Å²) in [5, 5.41) is 8.46. The minimum absolute atomic E-state index is 0.681. The van der Waals surface area contributed by atoms with Crippen molar-refractivity contribution in [3.05, 3.63) is 26.2 Å². The number of H-pyrrole nitrogens is 1. The number of halogens is 3. The fourth-order valence-electron chi connectivity index (χ4n) is 1.03. The number of aromatic amines is 1. The standard InChI is InChI=1S/C7H3Br2ClN2/c8-3-1-4(10)6-5(2-3)11-12-7(6)9/h1-2H,(H,11,12). The molecule has 1 aromatic carbocycles. The van der Waals surface area contributed by atoms with E-state index in [4.69, 9.17) is 11.6 Å². The normalized spacial score (nSPS) is 10.9. The Morgan fingerprint density at radius 1 is 1.33 bits per heavy atom. The molecule has 0 amide bonds. The molecular weight excluding hydrogens is 307 g/mol. The van der Waals surface area contributed by atoms with Gasteiger partial charge in [-0.05, 0) is 28.1 Å². The van der Waals surface area contributed by atoms with E-state index >= 15 is 0 Å². The zero-order chi connectivity index (χ0) is 8.72. The topological polar surface area (TPSA) is 28.7 Å². The molecule has 0 saturated heterocycles. The van der Waals surface area contributed by atoms with Crippen LogP contribution >= 0.6 is 43.5 Å². The lowest BCUT2D eigenvalue weighted by molar-refractivity contribution is 1.10. The van der Waals surface area contributed by atoms with Crippen molar-refractivity contribution >= 4 is 54.4 Å². The van der Waals surface area contributed by atoms with Gasteiger partial charge >= 0.3 is 0 Å². The first kappa shape index (κ1) is 8.53. The molecule has 1 heterocycles. The van der Waals surface area contributed by atoms with Crippen LogP contribution in [0, 0.1) is 0 Å². The van der Waals surface area contributed by atoms with Gasteiger partial charge in [0.1, 0.15) is 4.60 Å². The highest BCUT2D eigenvalue weighted by molar-refractivity contribution is 9.10. The van der Waals surface area contributed by atoms with Crippen molar-refractivity contribution in [1.29, 1.82) is 0 Å². The summed E-state index contributed by atoms with van der Waals surface area (Å²) in [4.78, 5) is 0. The van der Waals surface area contributed by atoms with Gasteiger partial charge in [0.25, 0.3) is 0 Å². The average Bonchev–Trinajstić information content (AvgIpc) is 2.31. The Hall–Kier alpha value is -0.0600. The van der Waals surface area contributed by atoms with Crippen molar-refractivity contribution in [3.63, 3.8) is 0 Å². The van der Waals surface area contributed by atoms with E-state index in [2.05, 4.69) is 42.1 Å². The van der Waals surface area contributed by atoms with E-state index in [-0.39, 0.29) is 0 Å². The van der Waals surface area contributed by atoms with Crippen molar-refractivity contribution in [1.82, 2.24) is 10.2 Å². The van der Waals surface area contributed by atoms with E-state index in [1.54, 1.807) is 0 Å². The molecule has 0 unspecified atom stereocenters. The molecule has 2 nitrogen and oxygen atoms in total. The molecule has 0 spiro atoms. The highest BCUT2D eigenvalue weighted by Crippen LogP contribution is 2.31. The number of fused-ring (bicyclic) bond motifs is 1. The Morgan fingerprint density at radius 3 is 2.83 bits per heavy atom. The molecule has 0 bridgehead atoms. The van der Waals surface area contributed by atoms with Crippen LogP contribution in [0.25, 0.3) is 10.9 Å². The second kappa shape index (κ2) is 3.01. The van der Waals surface area contributed by atoms with Crippen LogP contribution in [0.3, 0.4) is 0 Å². The summed E-state index contributed by atoms with van der Waals surface area (Å²) in [6.07, 6.45) is 0. The molecule has 1 N–H and O–H groups in total. The SMILES string of the molecule is Clc1cc(Br)cc2n[nH]c(Br)c12. The summed E-state index contributed by atoms with van der Waals surface area (Å²) in [7, 11) is 0. The fraction of sp³-hybridized carbons (Fsp3) is 0. The van der Waals surface area contributed by atoms with Gasteiger partial charge in [-0.1, -0.05) is 27.5 Å². The first-order valence-electron chi connectivity index (χ1n) is 3.17. The Morgan fingerprint density at radius 2 is 2.08 bits per heavy atom. The van der Waals surface area contributed by atoms with Gasteiger partial charge in [-0.25, -0.2) is 0 Å². The van der Waals surface area contributed by atoms with E-state index in [0.717, 1.165) is 20.0 Å². The molecule has 12 heavy (non-hydrogen) atoms. The third-order valence-electron chi connectivity index (χ3n) is 1.53. The molecule has 0 fully saturated rings. The van der Waals surface area contributed by atoms with E-state index in [9.17, 15) is 0 Å². The van der Waals surface area contributed by atoms with Crippen LogP contribution in [-0.4, -0.2) is 10.2 Å². The molecule has 0 saturated carbocycles. The van der Waals surface area contributed by atoms with Crippen LogP contribution < -0.4 is 0 Å². The Kier molecular flexibility index (Phi) is 2.14. The first-order valence-corrected chi connectivity index (χ1v) is 5.13. The van der Waals surface area contributed by atoms with Gasteiger partial charge in [-0.2, -0.15) is 5.10 Å². The van der Waals surface area contributed by atoms with E-state index < -0.39 is 0 Å². The minimum atomic E-state index is 0.681. The molecule has 62 valence electrons. The van der Waals surface area contributed by atoms with Crippen molar-refractivity contribution in [3.8, 4) is 0 Å². The monoisotopic (exact) mass is 308 g/mol. The Labute approximate surface area is 90.5 Å². The van der Waals surface area contributed by atoms with Gasteiger partial charge in [0.2, 0.25) is 0 Å². The molecule has 5 heteroatoms. The Balaban J connectivity index is 2.93. The maximum absolute atomic E-state index is 5.99. The predicted octanol–water partition coefficient (Wildman–Crippen LogP) is 3.74. The number of nitrogens with one attached hydrogen (secondary N) is 1. The lowest BCUT2D eigenvalue weighted by Gasteiger charge is -1.94. The van der Waals surface area contributed by atoms with Gasteiger partial charge < -0.3 is 0 Å². The molecule has 2 aromatic rings. The molecule has 0 aliphatic rings. The van der Waals surface area contributed by atoms with Crippen molar-refractivity contribution < 1.29 is 0 Å². The van der Waals surface area contributed by atoms with Gasteiger partial charge in [0, 0.05) is 4.47 Å². The number of benzene rings is 1. The van der Waals surface area contributed by atoms with Crippen LogP contribution in [0.2, 0.25) is 5.02 Å². The smallest absolute Gasteiger partial charge is 0.110 e. The van der Waals surface area contributed by atoms with E-state index in [0.29, 0.717) is 5.02 Å². The highest BCUT2D eigenvalue weighted by Gasteiger charge is 2.07. The first-order chi connectivity index (χ1) is 5.68. The second-order valence-electron chi connectivity index (χ2n) is 2.32. The molecule has 2 rings (SSSR count). The van der Waals surface area contributed by atoms with Crippen molar-refractivity contribution in [2.24, 2.45) is 0 Å².